The van der Waals surface area contributed by atoms with E-state index in [9.17, 15) is 0 Å². The third kappa shape index (κ3) is 2.47. The standard InChI is InChI=1S/C30H23N/c1-18-15-27-25-8-3-2-5-19(25)13-14-26(27)30(31-18)24-16-22-11-9-20-6-4-7-21-10-12-23(17-24)29(22)28(20)21/h2-8,13-17H,9-12H2,1H3. The molecule has 148 valence electrons. The van der Waals surface area contributed by atoms with E-state index in [4.69, 9.17) is 4.98 Å². The van der Waals surface area contributed by atoms with Gasteiger partial charge in [-0.2, -0.15) is 0 Å². The Hall–Kier alpha value is -3.45. The number of aryl methyl sites for hydroxylation is 5. The first-order chi connectivity index (χ1) is 15.3. The van der Waals surface area contributed by atoms with Crippen LogP contribution in [0.15, 0.2) is 72.8 Å². The molecule has 1 nitrogen and oxygen atoms in total. The number of fused-ring (bicyclic) bond motifs is 3. The van der Waals surface area contributed by atoms with Gasteiger partial charge in [0.1, 0.15) is 0 Å². The van der Waals surface area contributed by atoms with Crippen LogP contribution in [0.1, 0.15) is 27.9 Å². The minimum Gasteiger partial charge on any atom is -0.252 e. The van der Waals surface area contributed by atoms with Gasteiger partial charge in [-0.1, -0.05) is 54.6 Å². The molecule has 0 atom stereocenters. The Morgan fingerprint density at radius 1 is 0.581 bits per heavy atom. The summed E-state index contributed by atoms with van der Waals surface area (Å²) in [5.41, 5.74) is 12.6. The van der Waals surface area contributed by atoms with Crippen LogP contribution in [0.5, 0.6) is 0 Å². The molecule has 0 saturated carbocycles. The molecule has 0 unspecified atom stereocenters. The number of aromatic nitrogens is 1. The van der Waals surface area contributed by atoms with Crippen LogP contribution in [-0.4, -0.2) is 4.98 Å². The van der Waals surface area contributed by atoms with Gasteiger partial charge in [0.15, 0.2) is 0 Å². The quantitative estimate of drug-likeness (QED) is 0.272. The van der Waals surface area contributed by atoms with E-state index in [-0.39, 0.29) is 0 Å². The molecule has 4 aromatic carbocycles. The first-order valence-corrected chi connectivity index (χ1v) is 11.3. The molecule has 2 aliphatic carbocycles. The second kappa shape index (κ2) is 6.28. The van der Waals surface area contributed by atoms with Gasteiger partial charge < -0.3 is 0 Å². The van der Waals surface area contributed by atoms with Crippen LogP contribution < -0.4 is 0 Å². The number of hydrogen-bond donors (Lipinski definition) is 0. The number of benzene rings is 4. The molecule has 0 bridgehead atoms. The van der Waals surface area contributed by atoms with Crippen molar-refractivity contribution in [2.75, 3.05) is 0 Å². The molecule has 0 saturated heterocycles. The van der Waals surface area contributed by atoms with Gasteiger partial charge in [-0.15, -0.1) is 0 Å². The Morgan fingerprint density at radius 3 is 2.03 bits per heavy atom. The summed E-state index contributed by atoms with van der Waals surface area (Å²) in [6.07, 6.45) is 4.54. The first kappa shape index (κ1) is 17.3. The van der Waals surface area contributed by atoms with Crippen LogP contribution in [0, 0.1) is 6.92 Å². The first-order valence-electron chi connectivity index (χ1n) is 11.3. The number of pyridine rings is 1. The van der Waals surface area contributed by atoms with Crippen molar-refractivity contribution in [2.24, 2.45) is 0 Å². The van der Waals surface area contributed by atoms with E-state index in [2.05, 4.69) is 79.7 Å². The van der Waals surface area contributed by atoms with Crippen molar-refractivity contribution in [3.05, 3.63) is 101 Å². The third-order valence-electron chi connectivity index (χ3n) is 7.26. The maximum absolute atomic E-state index is 5.06. The van der Waals surface area contributed by atoms with Crippen LogP contribution >= 0.6 is 0 Å². The van der Waals surface area contributed by atoms with Crippen molar-refractivity contribution in [1.29, 1.82) is 0 Å². The highest BCUT2D eigenvalue weighted by Gasteiger charge is 2.26. The predicted octanol–water partition coefficient (Wildman–Crippen LogP) is 7.23. The Bertz CT molecular complexity index is 1490. The van der Waals surface area contributed by atoms with Crippen molar-refractivity contribution < 1.29 is 0 Å². The monoisotopic (exact) mass is 397 g/mol. The zero-order valence-corrected chi connectivity index (χ0v) is 17.7. The molecule has 31 heavy (non-hydrogen) atoms. The summed E-state index contributed by atoms with van der Waals surface area (Å²) in [5.74, 6) is 0. The van der Waals surface area contributed by atoms with Crippen LogP contribution in [0.3, 0.4) is 0 Å². The Labute approximate surface area is 182 Å². The van der Waals surface area contributed by atoms with Gasteiger partial charge in [-0.25, -0.2) is 0 Å². The summed E-state index contributed by atoms with van der Waals surface area (Å²) < 4.78 is 0. The van der Waals surface area contributed by atoms with Gasteiger partial charge in [0.05, 0.1) is 5.69 Å². The lowest BCUT2D eigenvalue weighted by molar-refractivity contribution is 0.877. The van der Waals surface area contributed by atoms with E-state index in [1.165, 1.54) is 60.5 Å². The van der Waals surface area contributed by atoms with Crippen LogP contribution in [0.25, 0.3) is 43.9 Å². The SMILES string of the molecule is Cc1cc2c(ccc3ccccc32)c(-c2cc3c4c(c2)CCc2cccc(c2-4)CC3)n1. The minimum absolute atomic E-state index is 1.08. The van der Waals surface area contributed by atoms with Gasteiger partial charge in [-0.05, 0) is 100 Å². The van der Waals surface area contributed by atoms with Crippen LogP contribution in [0.4, 0.5) is 0 Å². The molecule has 0 spiro atoms. The average Bonchev–Trinajstić information content (AvgIpc) is 2.81. The molecule has 1 aromatic heterocycles. The highest BCUT2D eigenvalue weighted by molar-refractivity contribution is 6.11. The summed E-state index contributed by atoms with van der Waals surface area (Å²) >= 11 is 0. The molecular formula is C30H23N. The average molecular weight is 398 g/mol. The molecule has 1 heterocycles. The lowest BCUT2D eigenvalue weighted by Crippen LogP contribution is -2.14. The highest BCUT2D eigenvalue weighted by Crippen LogP contribution is 2.44. The summed E-state index contributed by atoms with van der Waals surface area (Å²) in [7, 11) is 0. The van der Waals surface area contributed by atoms with Crippen molar-refractivity contribution >= 4 is 21.5 Å². The lowest BCUT2D eigenvalue weighted by Gasteiger charge is -2.30. The topological polar surface area (TPSA) is 12.9 Å². The fourth-order valence-electron chi connectivity index (χ4n) is 5.90. The van der Waals surface area contributed by atoms with E-state index in [0.717, 1.165) is 37.1 Å². The number of hydrogen-bond acceptors (Lipinski definition) is 1. The van der Waals surface area contributed by atoms with E-state index in [1.807, 2.05) is 0 Å². The van der Waals surface area contributed by atoms with Gasteiger partial charge >= 0.3 is 0 Å². The molecular weight excluding hydrogens is 374 g/mol. The fourth-order valence-corrected chi connectivity index (χ4v) is 5.90. The Morgan fingerprint density at radius 2 is 1.26 bits per heavy atom. The molecule has 0 radical (unpaired) electrons. The van der Waals surface area contributed by atoms with Gasteiger partial charge in [0.2, 0.25) is 0 Å². The molecule has 0 fully saturated rings. The van der Waals surface area contributed by atoms with Gasteiger partial charge in [0.25, 0.3) is 0 Å². The predicted molar refractivity (Wildman–Crippen MR) is 130 cm³/mol. The molecule has 0 aliphatic heterocycles. The molecule has 7 rings (SSSR count). The van der Waals surface area contributed by atoms with Gasteiger partial charge in [-0.3, -0.25) is 4.98 Å². The second-order valence-electron chi connectivity index (χ2n) is 9.11. The van der Waals surface area contributed by atoms with Crippen LogP contribution in [0.2, 0.25) is 0 Å². The molecule has 5 aromatic rings. The fraction of sp³-hybridized carbons (Fsp3) is 0.167. The van der Waals surface area contributed by atoms with E-state index < -0.39 is 0 Å². The largest absolute Gasteiger partial charge is 0.252 e. The minimum atomic E-state index is 1.08. The second-order valence-corrected chi connectivity index (χ2v) is 9.11. The van der Waals surface area contributed by atoms with Crippen molar-refractivity contribution in [2.45, 2.75) is 32.6 Å². The normalized spacial score (nSPS) is 14.1. The van der Waals surface area contributed by atoms with E-state index >= 15 is 0 Å². The highest BCUT2D eigenvalue weighted by atomic mass is 14.7. The molecule has 1 heteroatoms. The maximum atomic E-state index is 5.06. The summed E-state index contributed by atoms with van der Waals surface area (Å²) in [6, 6.07) is 27.2. The Kier molecular flexibility index (Phi) is 3.49. The summed E-state index contributed by atoms with van der Waals surface area (Å²) in [6.45, 7) is 2.12. The molecule has 2 aliphatic rings. The lowest BCUT2D eigenvalue weighted by atomic mass is 9.74. The van der Waals surface area contributed by atoms with Crippen molar-refractivity contribution in [3.63, 3.8) is 0 Å². The number of nitrogens with zero attached hydrogens (tertiary/aromatic N) is 1. The Balaban J connectivity index is 1.52. The van der Waals surface area contributed by atoms with E-state index in [0.29, 0.717) is 0 Å². The smallest absolute Gasteiger partial charge is 0.0783 e. The van der Waals surface area contributed by atoms with Crippen molar-refractivity contribution in [1.82, 2.24) is 4.98 Å². The number of rotatable bonds is 1. The van der Waals surface area contributed by atoms with Crippen molar-refractivity contribution in [3.8, 4) is 22.4 Å². The van der Waals surface area contributed by atoms with Gasteiger partial charge in [0, 0.05) is 16.6 Å². The zero-order chi connectivity index (χ0) is 20.5. The maximum Gasteiger partial charge on any atom is 0.0783 e. The van der Waals surface area contributed by atoms with E-state index in [1.54, 1.807) is 0 Å². The molecule has 0 N–H and O–H groups in total. The van der Waals surface area contributed by atoms with Crippen LogP contribution in [-0.2, 0) is 25.7 Å². The molecule has 0 amide bonds. The third-order valence-corrected chi connectivity index (χ3v) is 7.26. The zero-order valence-electron chi connectivity index (χ0n) is 17.7. The summed E-state index contributed by atoms with van der Waals surface area (Å²) in [5, 5.41) is 5.16. The summed E-state index contributed by atoms with van der Waals surface area (Å²) in [4.78, 5) is 5.06.